The van der Waals surface area contributed by atoms with Crippen LogP contribution in [0.15, 0.2) is 18.2 Å². The number of thioether (sulfide) groups is 1. The van der Waals surface area contributed by atoms with E-state index < -0.39 is 12.0 Å². The molecule has 1 aromatic rings. The summed E-state index contributed by atoms with van der Waals surface area (Å²) in [7, 11) is 1.55. The molecule has 2 atom stereocenters. The summed E-state index contributed by atoms with van der Waals surface area (Å²) in [6.07, 6.45) is 0. The van der Waals surface area contributed by atoms with E-state index >= 15 is 0 Å². The number of rotatable bonds is 3. The Hall–Kier alpha value is -1.40. The molecule has 0 saturated carbocycles. The second kappa shape index (κ2) is 4.85. The summed E-state index contributed by atoms with van der Waals surface area (Å²) < 4.78 is 5.08. The average molecular weight is 255 g/mol. The average Bonchev–Trinajstić information content (AvgIpc) is 2.79. The first-order chi connectivity index (χ1) is 8.11. The molecule has 1 aromatic carbocycles. The summed E-state index contributed by atoms with van der Waals surface area (Å²) in [5.41, 5.74) is 0.651. The molecular formula is C11H13NO4S. The Labute approximate surface area is 103 Å². The summed E-state index contributed by atoms with van der Waals surface area (Å²) in [6, 6.07) is 4.34. The van der Waals surface area contributed by atoms with Gasteiger partial charge >= 0.3 is 5.97 Å². The molecule has 0 bridgehead atoms. The minimum Gasteiger partial charge on any atom is -0.508 e. The molecule has 0 radical (unpaired) electrons. The number of ether oxygens (including phenoxy) is 1. The normalized spacial score (nSPS) is 23.6. The second-order valence-corrected chi connectivity index (χ2v) is 4.83. The molecule has 0 spiro atoms. The van der Waals surface area contributed by atoms with E-state index in [2.05, 4.69) is 5.32 Å². The van der Waals surface area contributed by atoms with Crippen LogP contribution in [0.2, 0.25) is 0 Å². The van der Waals surface area contributed by atoms with Crippen molar-refractivity contribution in [1.29, 1.82) is 0 Å². The molecule has 17 heavy (non-hydrogen) atoms. The highest BCUT2D eigenvalue weighted by atomic mass is 32.2. The van der Waals surface area contributed by atoms with Crippen LogP contribution in [0.4, 0.5) is 0 Å². The van der Waals surface area contributed by atoms with E-state index in [1.165, 1.54) is 11.8 Å². The lowest BCUT2D eigenvalue weighted by atomic mass is 10.1. The van der Waals surface area contributed by atoms with E-state index in [1.807, 2.05) is 0 Å². The van der Waals surface area contributed by atoms with Gasteiger partial charge in [-0.1, -0.05) is 0 Å². The van der Waals surface area contributed by atoms with Gasteiger partial charge in [-0.25, -0.2) is 0 Å². The fraction of sp³-hybridized carbons (Fsp3) is 0.364. The van der Waals surface area contributed by atoms with Crippen molar-refractivity contribution in [2.45, 2.75) is 11.4 Å². The van der Waals surface area contributed by atoms with E-state index in [4.69, 9.17) is 9.84 Å². The summed E-state index contributed by atoms with van der Waals surface area (Å²) >= 11 is 1.46. The molecule has 1 aliphatic heterocycles. The fourth-order valence-corrected chi connectivity index (χ4v) is 2.92. The zero-order valence-corrected chi connectivity index (χ0v) is 10.0. The number of nitrogens with one attached hydrogen (secondary N) is 1. The Kier molecular flexibility index (Phi) is 3.44. The fourth-order valence-electron chi connectivity index (χ4n) is 1.66. The SMILES string of the molecule is COc1ccc(O)c([C@H]2N[C@@H](C(=O)O)CS2)c1. The first-order valence-corrected chi connectivity index (χ1v) is 6.14. The number of aliphatic carboxylic acids is 1. The smallest absolute Gasteiger partial charge is 0.321 e. The van der Waals surface area contributed by atoms with E-state index in [-0.39, 0.29) is 11.1 Å². The Morgan fingerprint density at radius 3 is 2.94 bits per heavy atom. The monoisotopic (exact) mass is 255 g/mol. The van der Waals surface area contributed by atoms with Gasteiger partial charge in [0.2, 0.25) is 0 Å². The molecule has 0 unspecified atom stereocenters. The van der Waals surface area contributed by atoms with Crippen LogP contribution >= 0.6 is 11.8 Å². The van der Waals surface area contributed by atoms with Gasteiger partial charge in [0.15, 0.2) is 0 Å². The van der Waals surface area contributed by atoms with Crippen molar-refractivity contribution in [3.63, 3.8) is 0 Å². The third-order valence-corrected chi connectivity index (χ3v) is 3.85. The number of phenolic OH excluding ortho intramolecular Hbond substituents is 1. The van der Waals surface area contributed by atoms with Crippen molar-refractivity contribution in [3.05, 3.63) is 23.8 Å². The molecule has 0 aliphatic carbocycles. The van der Waals surface area contributed by atoms with E-state index in [9.17, 15) is 9.90 Å². The van der Waals surface area contributed by atoms with Crippen LogP contribution < -0.4 is 10.1 Å². The van der Waals surface area contributed by atoms with Crippen LogP contribution in [-0.4, -0.2) is 35.1 Å². The number of hydrogen-bond acceptors (Lipinski definition) is 5. The lowest BCUT2D eigenvalue weighted by Gasteiger charge is -2.14. The van der Waals surface area contributed by atoms with Gasteiger partial charge in [-0.2, -0.15) is 0 Å². The maximum absolute atomic E-state index is 10.8. The van der Waals surface area contributed by atoms with Gasteiger partial charge in [-0.3, -0.25) is 10.1 Å². The largest absolute Gasteiger partial charge is 0.508 e. The molecule has 1 saturated heterocycles. The maximum atomic E-state index is 10.8. The molecule has 6 heteroatoms. The Morgan fingerprint density at radius 1 is 1.59 bits per heavy atom. The zero-order chi connectivity index (χ0) is 12.4. The standard InChI is InChI=1S/C11H13NO4S/c1-16-6-2-3-9(13)7(4-6)10-12-8(5-17-10)11(14)15/h2-4,8,10,12-13H,5H2,1H3,(H,14,15)/t8-,10+/m1/s1. The number of carboxylic acid groups (broad SMARTS) is 1. The molecule has 1 aliphatic rings. The summed E-state index contributed by atoms with van der Waals surface area (Å²) in [6.45, 7) is 0. The van der Waals surface area contributed by atoms with Crippen molar-refractivity contribution in [1.82, 2.24) is 5.32 Å². The predicted octanol–water partition coefficient (Wildman–Crippen LogP) is 1.19. The summed E-state index contributed by atoms with van der Waals surface area (Å²) in [4.78, 5) is 10.8. The minimum absolute atomic E-state index is 0.141. The summed E-state index contributed by atoms with van der Waals surface area (Å²) in [5, 5.41) is 21.4. The number of carbonyl (C=O) groups is 1. The third-order valence-electron chi connectivity index (χ3n) is 2.60. The lowest BCUT2D eigenvalue weighted by Crippen LogP contribution is -2.33. The van der Waals surface area contributed by atoms with E-state index in [0.29, 0.717) is 17.1 Å². The van der Waals surface area contributed by atoms with E-state index in [1.54, 1.807) is 25.3 Å². The molecule has 92 valence electrons. The number of carboxylic acids is 1. The van der Waals surface area contributed by atoms with Crippen LogP contribution in [-0.2, 0) is 4.79 Å². The Balaban J connectivity index is 2.20. The second-order valence-electron chi connectivity index (χ2n) is 3.70. The van der Waals surface area contributed by atoms with Gasteiger partial charge in [0.1, 0.15) is 17.5 Å². The van der Waals surface area contributed by atoms with Crippen molar-refractivity contribution in [3.8, 4) is 11.5 Å². The highest BCUT2D eigenvalue weighted by molar-refractivity contribution is 7.99. The van der Waals surface area contributed by atoms with Crippen molar-refractivity contribution < 1.29 is 19.7 Å². The molecule has 1 fully saturated rings. The minimum atomic E-state index is -0.873. The predicted molar refractivity (Wildman–Crippen MR) is 64.4 cm³/mol. The molecule has 2 rings (SSSR count). The van der Waals surface area contributed by atoms with Crippen LogP contribution in [0.3, 0.4) is 0 Å². The van der Waals surface area contributed by atoms with Gasteiger partial charge in [-0.15, -0.1) is 11.8 Å². The zero-order valence-electron chi connectivity index (χ0n) is 9.21. The number of benzene rings is 1. The quantitative estimate of drug-likeness (QED) is 0.753. The van der Waals surface area contributed by atoms with Crippen molar-refractivity contribution in [2.24, 2.45) is 0 Å². The van der Waals surface area contributed by atoms with E-state index in [0.717, 1.165) is 0 Å². The van der Waals surface area contributed by atoms with Crippen molar-refractivity contribution >= 4 is 17.7 Å². The lowest BCUT2D eigenvalue weighted by molar-refractivity contribution is -0.138. The number of hydrogen-bond donors (Lipinski definition) is 3. The van der Waals surface area contributed by atoms with Gasteiger partial charge < -0.3 is 14.9 Å². The molecule has 0 amide bonds. The van der Waals surface area contributed by atoms with Gasteiger partial charge in [0.05, 0.1) is 12.5 Å². The van der Waals surface area contributed by atoms with Gasteiger partial charge in [-0.05, 0) is 18.2 Å². The highest BCUT2D eigenvalue weighted by Gasteiger charge is 2.31. The third kappa shape index (κ3) is 2.48. The van der Waals surface area contributed by atoms with Crippen LogP contribution in [0.25, 0.3) is 0 Å². The Bertz CT molecular complexity index is 437. The first kappa shape index (κ1) is 12.1. The Morgan fingerprint density at radius 2 is 2.35 bits per heavy atom. The molecule has 1 heterocycles. The first-order valence-electron chi connectivity index (χ1n) is 5.09. The van der Waals surface area contributed by atoms with Crippen LogP contribution in [0, 0.1) is 0 Å². The van der Waals surface area contributed by atoms with Crippen LogP contribution in [0.5, 0.6) is 11.5 Å². The summed E-state index contributed by atoms with van der Waals surface area (Å²) in [5.74, 6) is 0.389. The molecule has 3 N–H and O–H groups in total. The maximum Gasteiger partial charge on any atom is 0.321 e. The molecular weight excluding hydrogens is 242 g/mol. The van der Waals surface area contributed by atoms with Gasteiger partial charge in [0.25, 0.3) is 0 Å². The molecule has 0 aromatic heterocycles. The number of methoxy groups -OCH3 is 1. The number of aromatic hydroxyl groups is 1. The van der Waals surface area contributed by atoms with Crippen molar-refractivity contribution in [2.75, 3.05) is 12.9 Å². The van der Waals surface area contributed by atoms with Gasteiger partial charge in [0, 0.05) is 11.3 Å². The topological polar surface area (TPSA) is 78.8 Å². The highest BCUT2D eigenvalue weighted by Crippen LogP contribution is 2.38. The number of phenols is 1. The van der Waals surface area contributed by atoms with Crippen LogP contribution in [0.1, 0.15) is 10.9 Å². The molecule has 5 nitrogen and oxygen atoms in total.